The number of ketones is 2. The molecule has 0 bridgehead atoms. The van der Waals surface area contributed by atoms with Crippen molar-refractivity contribution in [1.29, 1.82) is 0 Å². The van der Waals surface area contributed by atoms with Crippen LogP contribution in [0.4, 0.5) is 0 Å². The van der Waals surface area contributed by atoms with Crippen molar-refractivity contribution in [3.05, 3.63) is 47.7 Å². The van der Waals surface area contributed by atoms with E-state index in [0.717, 1.165) is 5.57 Å². The van der Waals surface area contributed by atoms with E-state index in [4.69, 9.17) is 15.2 Å². The number of nitrogens with two attached hydrogens (primary N) is 1. The molecule has 8 nitrogen and oxygen atoms in total. The number of rotatable bonds is 7. The van der Waals surface area contributed by atoms with Crippen LogP contribution in [0.2, 0.25) is 0 Å². The molecule has 8 heteroatoms. The highest BCUT2D eigenvalue weighted by Gasteiger charge is 2.35. The minimum atomic E-state index is -0.607. The molecule has 0 amide bonds. The van der Waals surface area contributed by atoms with E-state index in [-0.39, 0.29) is 54.3 Å². The standard InChI is InChI=1S/C20H22N2O6/c1-2-27-19(25)11-28-13-4-5-14(17(23)7-13)18(24)10-22-8-12-3-6-16(21)20(26)15(12)9-22/h3-8,15-16,23H,2,9-11,21H2,1H3. The number of allylic oxidation sites excluding steroid dienone is 1. The van der Waals surface area contributed by atoms with Crippen LogP contribution in [0.25, 0.3) is 0 Å². The van der Waals surface area contributed by atoms with Crippen LogP contribution in [-0.4, -0.2) is 59.9 Å². The number of aromatic hydroxyl groups is 1. The van der Waals surface area contributed by atoms with Gasteiger partial charge in [-0.15, -0.1) is 0 Å². The maximum Gasteiger partial charge on any atom is 0.344 e. The Kier molecular flexibility index (Phi) is 5.79. The number of hydrogen-bond acceptors (Lipinski definition) is 8. The topological polar surface area (TPSA) is 119 Å². The summed E-state index contributed by atoms with van der Waals surface area (Å²) in [6.45, 7) is 2.07. The highest BCUT2D eigenvalue weighted by molar-refractivity contribution is 6.00. The zero-order valence-electron chi connectivity index (χ0n) is 15.5. The summed E-state index contributed by atoms with van der Waals surface area (Å²) in [6.07, 6.45) is 5.24. The Balaban J connectivity index is 1.61. The molecule has 1 heterocycles. The summed E-state index contributed by atoms with van der Waals surface area (Å²) in [7, 11) is 0. The summed E-state index contributed by atoms with van der Waals surface area (Å²) in [4.78, 5) is 37.7. The fraction of sp³-hybridized carbons (Fsp3) is 0.350. The Morgan fingerprint density at radius 1 is 1.36 bits per heavy atom. The second-order valence-electron chi connectivity index (χ2n) is 6.59. The lowest BCUT2D eigenvalue weighted by Crippen LogP contribution is -2.39. The smallest absolute Gasteiger partial charge is 0.344 e. The van der Waals surface area contributed by atoms with Gasteiger partial charge in [-0.05, 0) is 24.6 Å². The molecule has 1 aliphatic heterocycles. The minimum absolute atomic E-state index is 0.0208. The highest BCUT2D eigenvalue weighted by Crippen LogP contribution is 2.29. The number of Topliss-reactive ketones (excluding diaryl/α,β-unsaturated/α-hetero) is 2. The normalized spacial score (nSPS) is 20.6. The van der Waals surface area contributed by atoms with E-state index < -0.39 is 12.0 Å². The molecule has 2 atom stereocenters. The number of benzene rings is 1. The summed E-state index contributed by atoms with van der Waals surface area (Å²) in [5.74, 6) is -1.19. The van der Waals surface area contributed by atoms with Gasteiger partial charge in [0, 0.05) is 18.8 Å². The largest absolute Gasteiger partial charge is 0.507 e. The molecule has 0 spiro atoms. The van der Waals surface area contributed by atoms with Crippen LogP contribution in [0.15, 0.2) is 42.1 Å². The van der Waals surface area contributed by atoms with Crippen molar-refractivity contribution in [3.63, 3.8) is 0 Å². The van der Waals surface area contributed by atoms with E-state index in [9.17, 15) is 19.5 Å². The third-order valence-electron chi connectivity index (χ3n) is 4.60. The molecule has 2 aliphatic rings. The number of phenols is 1. The number of fused-ring (bicyclic) bond motifs is 1. The molecule has 2 unspecified atom stereocenters. The number of nitrogens with zero attached hydrogens (tertiary/aromatic N) is 1. The average molecular weight is 386 g/mol. The van der Waals surface area contributed by atoms with Gasteiger partial charge in [0.25, 0.3) is 0 Å². The number of carbonyl (C=O) groups is 3. The van der Waals surface area contributed by atoms with Crippen LogP contribution in [0, 0.1) is 5.92 Å². The second kappa shape index (κ2) is 8.26. The molecule has 0 radical (unpaired) electrons. The molecule has 1 aromatic rings. The Labute approximate surface area is 162 Å². The van der Waals surface area contributed by atoms with Crippen molar-refractivity contribution in [1.82, 2.24) is 4.90 Å². The summed E-state index contributed by atoms with van der Waals surface area (Å²) >= 11 is 0. The summed E-state index contributed by atoms with van der Waals surface area (Å²) < 4.78 is 9.99. The van der Waals surface area contributed by atoms with E-state index in [1.807, 2.05) is 6.08 Å². The van der Waals surface area contributed by atoms with Crippen molar-refractivity contribution in [3.8, 4) is 11.5 Å². The first-order valence-corrected chi connectivity index (χ1v) is 8.97. The van der Waals surface area contributed by atoms with Gasteiger partial charge in [-0.3, -0.25) is 9.59 Å². The maximum absolute atomic E-state index is 12.6. The zero-order chi connectivity index (χ0) is 20.3. The number of carbonyl (C=O) groups excluding carboxylic acids is 3. The van der Waals surface area contributed by atoms with Crippen LogP contribution >= 0.6 is 0 Å². The van der Waals surface area contributed by atoms with Crippen molar-refractivity contribution in [2.24, 2.45) is 11.7 Å². The fourth-order valence-corrected chi connectivity index (χ4v) is 3.21. The van der Waals surface area contributed by atoms with Crippen molar-refractivity contribution >= 4 is 17.5 Å². The molecule has 0 saturated carbocycles. The van der Waals surface area contributed by atoms with E-state index in [1.54, 1.807) is 24.1 Å². The maximum atomic E-state index is 12.6. The van der Waals surface area contributed by atoms with Crippen molar-refractivity contribution < 1.29 is 29.0 Å². The molecule has 3 rings (SSSR count). The molecule has 148 valence electrons. The highest BCUT2D eigenvalue weighted by atomic mass is 16.6. The van der Waals surface area contributed by atoms with Crippen LogP contribution in [0.5, 0.6) is 11.5 Å². The number of phenolic OH excluding ortho intramolecular Hbond substituents is 1. The summed E-state index contributed by atoms with van der Waals surface area (Å²) in [6, 6.07) is 3.61. The van der Waals surface area contributed by atoms with Gasteiger partial charge in [0.15, 0.2) is 18.2 Å². The predicted octanol–water partition coefficient (Wildman–Crippen LogP) is 0.799. The van der Waals surface area contributed by atoms with E-state index in [1.165, 1.54) is 18.2 Å². The third-order valence-corrected chi connectivity index (χ3v) is 4.60. The third kappa shape index (κ3) is 4.23. The first kappa shape index (κ1) is 19.6. The van der Waals surface area contributed by atoms with Crippen molar-refractivity contribution in [2.45, 2.75) is 13.0 Å². The van der Waals surface area contributed by atoms with Gasteiger partial charge >= 0.3 is 5.97 Å². The molecule has 0 fully saturated rings. The fourth-order valence-electron chi connectivity index (χ4n) is 3.21. The Bertz CT molecular complexity index is 860. The van der Waals surface area contributed by atoms with E-state index in [0.29, 0.717) is 6.54 Å². The molecular weight excluding hydrogens is 364 g/mol. The van der Waals surface area contributed by atoms with Gasteiger partial charge in [-0.25, -0.2) is 4.79 Å². The van der Waals surface area contributed by atoms with Crippen LogP contribution < -0.4 is 10.5 Å². The van der Waals surface area contributed by atoms with Gasteiger partial charge in [0.2, 0.25) is 0 Å². The van der Waals surface area contributed by atoms with Gasteiger partial charge in [-0.1, -0.05) is 12.2 Å². The lowest BCUT2D eigenvalue weighted by molar-refractivity contribution is -0.145. The van der Waals surface area contributed by atoms with Gasteiger partial charge in [0.05, 0.1) is 30.7 Å². The SMILES string of the molecule is CCOC(=O)COc1ccc(C(=O)CN2C=C3C=CC(N)C(=O)C3C2)c(O)c1. The van der Waals surface area contributed by atoms with Crippen LogP contribution in [0.3, 0.4) is 0 Å². The monoisotopic (exact) mass is 386 g/mol. The zero-order valence-corrected chi connectivity index (χ0v) is 15.5. The van der Waals surface area contributed by atoms with Gasteiger partial charge in [0.1, 0.15) is 11.5 Å². The van der Waals surface area contributed by atoms with E-state index >= 15 is 0 Å². The Hall–Kier alpha value is -3.13. The van der Waals surface area contributed by atoms with Gasteiger partial charge < -0.3 is 25.2 Å². The first-order valence-electron chi connectivity index (χ1n) is 8.97. The Morgan fingerprint density at radius 3 is 2.86 bits per heavy atom. The first-order chi connectivity index (χ1) is 13.4. The average Bonchev–Trinajstić information content (AvgIpc) is 3.06. The molecule has 1 aromatic carbocycles. The quantitative estimate of drug-likeness (QED) is 0.522. The molecule has 0 aromatic heterocycles. The molecule has 0 saturated heterocycles. The Morgan fingerprint density at radius 2 is 2.14 bits per heavy atom. The van der Waals surface area contributed by atoms with Crippen LogP contribution in [0.1, 0.15) is 17.3 Å². The molecular formula is C20H22N2O6. The molecule has 28 heavy (non-hydrogen) atoms. The predicted molar refractivity (Wildman–Crippen MR) is 99.8 cm³/mol. The summed E-state index contributed by atoms with van der Waals surface area (Å²) in [5.41, 5.74) is 6.72. The lowest BCUT2D eigenvalue weighted by atomic mass is 9.88. The van der Waals surface area contributed by atoms with E-state index in [2.05, 4.69) is 0 Å². The number of ether oxygens (including phenoxy) is 2. The number of hydrogen-bond donors (Lipinski definition) is 2. The number of esters is 1. The molecule has 1 aliphatic carbocycles. The lowest BCUT2D eigenvalue weighted by Gasteiger charge is -2.20. The van der Waals surface area contributed by atoms with Gasteiger partial charge in [-0.2, -0.15) is 0 Å². The van der Waals surface area contributed by atoms with Crippen LogP contribution in [-0.2, 0) is 14.3 Å². The minimum Gasteiger partial charge on any atom is -0.507 e. The van der Waals surface area contributed by atoms with Crippen molar-refractivity contribution in [2.75, 3.05) is 26.3 Å². The summed E-state index contributed by atoms with van der Waals surface area (Å²) in [5, 5.41) is 10.2. The second-order valence-corrected chi connectivity index (χ2v) is 6.59. The molecule has 3 N–H and O–H groups in total.